The topological polar surface area (TPSA) is 21.6 Å². The van der Waals surface area contributed by atoms with Crippen molar-refractivity contribution in [1.29, 1.82) is 0 Å². The van der Waals surface area contributed by atoms with E-state index in [-0.39, 0.29) is 0 Å². The molecular formula is C21H19NO. The zero-order valence-corrected chi connectivity index (χ0v) is 13.1. The summed E-state index contributed by atoms with van der Waals surface area (Å²) in [4.78, 5) is 4.86. The van der Waals surface area contributed by atoms with Gasteiger partial charge in [-0.3, -0.25) is 4.99 Å². The van der Waals surface area contributed by atoms with Crippen LogP contribution in [0.1, 0.15) is 11.1 Å². The Kier molecular flexibility index (Phi) is 4.85. The van der Waals surface area contributed by atoms with Gasteiger partial charge in [-0.1, -0.05) is 60.7 Å². The first-order chi connectivity index (χ1) is 11.3. The van der Waals surface area contributed by atoms with Crippen LogP contribution in [0.25, 0.3) is 0 Å². The molecular weight excluding hydrogens is 282 g/mol. The molecule has 0 unspecified atom stereocenters. The number of rotatable bonds is 5. The van der Waals surface area contributed by atoms with Crippen molar-refractivity contribution in [1.82, 2.24) is 0 Å². The Morgan fingerprint density at radius 2 is 1.39 bits per heavy atom. The molecule has 0 heterocycles. The molecule has 0 atom stereocenters. The summed E-state index contributed by atoms with van der Waals surface area (Å²) in [5.74, 6) is 0.841. The van der Waals surface area contributed by atoms with Crippen LogP contribution in [0.5, 0.6) is 5.75 Å². The molecule has 0 aliphatic rings. The van der Waals surface area contributed by atoms with E-state index in [9.17, 15) is 0 Å². The van der Waals surface area contributed by atoms with Crippen LogP contribution in [0.4, 0.5) is 5.69 Å². The summed E-state index contributed by atoms with van der Waals surface area (Å²) in [6, 6.07) is 28.6. The van der Waals surface area contributed by atoms with Gasteiger partial charge in [0.05, 0.1) is 18.5 Å². The molecule has 0 aromatic heterocycles. The van der Waals surface area contributed by atoms with Crippen molar-refractivity contribution < 1.29 is 4.74 Å². The molecule has 0 fully saturated rings. The lowest BCUT2D eigenvalue weighted by atomic mass is 10.0. The van der Waals surface area contributed by atoms with E-state index in [2.05, 4.69) is 36.4 Å². The quantitative estimate of drug-likeness (QED) is 0.604. The van der Waals surface area contributed by atoms with Crippen LogP contribution in [-0.2, 0) is 6.42 Å². The highest BCUT2D eigenvalue weighted by molar-refractivity contribution is 6.03. The highest BCUT2D eigenvalue weighted by Crippen LogP contribution is 2.20. The number of ether oxygens (including phenoxy) is 1. The Hall–Kier alpha value is -2.87. The summed E-state index contributed by atoms with van der Waals surface area (Å²) in [5.41, 5.74) is 4.39. The predicted octanol–water partition coefficient (Wildman–Crippen LogP) is 5.06. The van der Waals surface area contributed by atoms with Crippen molar-refractivity contribution >= 4 is 11.4 Å². The summed E-state index contributed by atoms with van der Waals surface area (Å²) >= 11 is 0. The monoisotopic (exact) mass is 301 g/mol. The van der Waals surface area contributed by atoms with Crippen molar-refractivity contribution in [2.75, 3.05) is 7.11 Å². The van der Waals surface area contributed by atoms with Crippen LogP contribution in [0.2, 0.25) is 0 Å². The van der Waals surface area contributed by atoms with Crippen LogP contribution >= 0.6 is 0 Å². The highest BCUT2D eigenvalue weighted by atomic mass is 16.5. The molecule has 0 N–H and O–H groups in total. The smallest absolute Gasteiger partial charge is 0.119 e. The molecule has 2 heteroatoms. The number of aliphatic imine (C=N–C) groups is 1. The summed E-state index contributed by atoms with van der Waals surface area (Å²) in [5, 5.41) is 0. The van der Waals surface area contributed by atoms with Crippen LogP contribution in [0.3, 0.4) is 0 Å². The van der Waals surface area contributed by atoms with Gasteiger partial charge in [0, 0.05) is 6.42 Å². The number of benzene rings is 3. The number of methoxy groups -OCH3 is 1. The van der Waals surface area contributed by atoms with Gasteiger partial charge in [-0.2, -0.15) is 0 Å². The zero-order valence-electron chi connectivity index (χ0n) is 13.1. The molecule has 0 saturated carbocycles. The molecule has 0 spiro atoms. The Morgan fingerprint density at radius 3 is 2.00 bits per heavy atom. The van der Waals surface area contributed by atoms with Gasteiger partial charge in [-0.15, -0.1) is 0 Å². The fraction of sp³-hybridized carbons (Fsp3) is 0.0952. The van der Waals surface area contributed by atoms with Gasteiger partial charge in [0.25, 0.3) is 0 Å². The predicted molar refractivity (Wildman–Crippen MR) is 95.8 cm³/mol. The molecule has 0 radical (unpaired) electrons. The maximum Gasteiger partial charge on any atom is 0.119 e. The maximum absolute atomic E-state index is 5.21. The second kappa shape index (κ2) is 7.41. The Labute approximate surface area is 137 Å². The van der Waals surface area contributed by atoms with Crippen LogP contribution in [-0.4, -0.2) is 12.8 Å². The van der Waals surface area contributed by atoms with E-state index in [1.165, 1.54) is 5.56 Å². The summed E-state index contributed by atoms with van der Waals surface area (Å²) in [7, 11) is 1.67. The molecule has 3 rings (SSSR count). The van der Waals surface area contributed by atoms with Crippen molar-refractivity contribution in [3.05, 3.63) is 96.1 Å². The molecule has 0 saturated heterocycles. The van der Waals surface area contributed by atoms with E-state index < -0.39 is 0 Å². The Morgan fingerprint density at radius 1 is 0.783 bits per heavy atom. The lowest BCUT2D eigenvalue weighted by molar-refractivity contribution is 0.415. The average Bonchev–Trinajstić information content (AvgIpc) is 2.63. The van der Waals surface area contributed by atoms with Gasteiger partial charge in [0.1, 0.15) is 5.75 Å². The van der Waals surface area contributed by atoms with Gasteiger partial charge in [-0.25, -0.2) is 0 Å². The van der Waals surface area contributed by atoms with Gasteiger partial charge in [-0.05, 0) is 35.4 Å². The average molecular weight is 301 g/mol. The third-order valence-electron chi connectivity index (χ3n) is 3.66. The fourth-order valence-electron chi connectivity index (χ4n) is 2.44. The molecule has 3 aromatic carbocycles. The number of hydrogen-bond donors (Lipinski definition) is 0. The van der Waals surface area contributed by atoms with E-state index in [0.29, 0.717) is 0 Å². The van der Waals surface area contributed by atoms with E-state index in [1.807, 2.05) is 48.5 Å². The Bertz CT molecular complexity index is 762. The molecule has 0 aliphatic heterocycles. The van der Waals surface area contributed by atoms with Crippen LogP contribution in [0, 0.1) is 0 Å². The zero-order chi connectivity index (χ0) is 15.9. The summed E-state index contributed by atoms with van der Waals surface area (Å²) in [6.07, 6.45) is 0.802. The van der Waals surface area contributed by atoms with E-state index in [4.69, 9.17) is 9.73 Å². The molecule has 2 nitrogen and oxygen atoms in total. The highest BCUT2D eigenvalue weighted by Gasteiger charge is 2.05. The molecule has 0 aliphatic carbocycles. The third-order valence-corrected chi connectivity index (χ3v) is 3.66. The summed E-state index contributed by atoms with van der Waals surface area (Å²) in [6.45, 7) is 0. The van der Waals surface area contributed by atoms with Crippen LogP contribution in [0.15, 0.2) is 89.9 Å². The first-order valence-electron chi connectivity index (χ1n) is 7.66. The maximum atomic E-state index is 5.21. The van der Waals surface area contributed by atoms with E-state index >= 15 is 0 Å². The van der Waals surface area contributed by atoms with Crippen molar-refractivity contribution in [2.24, 2.45) is 4.99 Å². The lowest BCUT2D eigenvalue weighted by Crippen LogP contribution is -2.05. The van der Waals surface area contributed by atoms with E-state index in [0.717, 1.165) is 29.1 Å². The van der Waals surface area contributed by atoms with Crippen molar-refractivity contribution in [3.63, 3.8) is 0 Å². The molecule has 3 aromatic rings. The largest absolute Gasteiger partial charge is 0.497 e. The minimum absolute atomic E-state index is 0.802. The van der Waals surface area contributed by atoms with Gasteiger partial charge in [0.15, 0.2) is 0 Å². The number of hydrogen-bond acceptors (Lipinski definition) is 2. The molecule has 0 bridgehead atoms. The van der Waals surface area contributed by atoms with Gasteiger partial charge in [0.2, 0.25) is 0 Å². The first kappa shape index (κ1) is 15.0. The van der Waals surface area contributed by atoms with Crippen molar-refractivity contribution in [2.45, 2.75) is 6.42 Å². The fourth-order valence-corrected chi connectivity index (χ4v) is 2.44. The van der Waals surface area contributed by atoms with E-state index in [1.54, 1.807) is 7.11 Å². The SMILES string of the molecule is COc1ccc(/N=C(/Cc2ccccc2)c2ccccc2)cc1. The molecule has 114 valence electrons. The van der Waals surface area contributed by atoms with Gasteiger partial charge >= 0.3 is 0 Å². The standard InChI is InChI=1S/C21H19NO/c1-23-20-14-12-19(13-15-20)22-21(18-10-6-3-7-11-18)16-17-8-4-2-5-9-17/h2-15H,16H2,1H3/b22-21-. The molecule has 23 heavy (non-hydrogen) atoms. The Balaban J connectivity index is 1.95. The second-order valence-electron chi connectivity index (χ2n) is 5.28. The molecule has 0 amide bonds. The third kappa shape index (κ3) is 4.07. The number of nitrogens with zero attached hydrogens (tertiary/aromatic N) is 1. The first-order valence-corrected chi connectivity index (χ1v) is 7.66. The minimum Gasteiger partial charge on any atom is -0.497 e. The summed E-state index contributed by atoms with van der Waals surface area (Å²) < 4.78 is 5.21. The normalized spacial score (nSPS) is 11.3. The van der Waals surface area contributed by atoms with Gasteiger partial charge < -0.3 is 4.74 Å². The second-order valence-corrected chi connectivity index (χ2v) is 5.28. The minimum atomic E-state index is 0.802. The van der Waals surface area contributed by atoms with Crippen molar-refractivity contribution in [3.8, 4) is 5.75 Å². The lowest BCUT2D eigenvalue weighted by Gasteiger charge is -2.08. The van der Waals surface area contributed by atoms with Crippen LogP contribution < -0.4 is 4.74 Å².